The van der Waals surface area contributed by atoms with Crippen molar-refractivity contribution in [3.05, 3.63) is 82.9 Å². The second-order valence-corrected chi connectivity index (χ2v) is 4.66. The molecule has 1 nitrogen and oxygen atoms in total. The molecule has 0 amide bonds. The number of rotatable bonds is 2. The van der Waals surface area contributed by atoms with E-state index in [1.165, 1.54) is 0 Å². The van der Waals surface area contributed by atoms with E-state index in [1.54, 1.807) is 0 Å². The van der Waals surface area contributed by atoms with Crippen LogP contribution in [0, 0.1) is 0 Å². The van der Waals surface area contributed by atoms with E-state index in [9.17, 15) is 4.79 Å². The first kappa shape index (κ1) is 11.7. The first-order valence-electron chi connectivity index (χ1n) is 6.35. The molecule has 0 atom stereocenters. The Kier molecular flexibility index (Phi) is 2.88. The quantitative estimate of drug-likeness (QED) is 0.728. The lowest BCUT2D eigenvalue weighted by Gasteiger charge is -2.23. The van der Waals surface area contributed by atoms with Gasteiger partial charge in [-0.3, -0.25) is 4.79 Å². The van der Waals surface area contributed by atoms with Crippen LogP contribution in [0.5, 0.6) is 0 Å². The Morgan fingerprint density at radius 1 is 0.842 bits per heavy atom. The largest absolute Gasteiger partial charge is 0.289 e. The lowest BCUT2D eigenvalue weighted by molar-refractivity contribution is -0.111. The van der Waals surface area contributed by atoms with Crippen molar-refractivity contribution in [2.75, 3.05) is 0 Å². The molecule has 0 heterocycles. The third kappa shape index (κ3) is 2.04. The van der Waals surface area contributed by atoms with E-state index < -0.39 is 0 Å². The smallest absolute Gasteiger partial charge is 0.194 e. The molecule has 0 saturated heterocycles. The summed E-state index contributed by atoms with van der Waals surface area (Å²) in [5, 5.41) is 0. The molecule has 0 aromatic heterocycles. The van der Waals surface area contributed by atoms with Gasteiger partial charge in [-0.15, -0.1) is 0 Å². The average Bonchev–Trinajstić information content (AvgIpc) is 2.47. The van der Waals surface area contributed by atoms with E-state index in [2.05, 4.69) is 0 Å². The van der Waals surface area contributed by atoms with Gasteiger partial charge >= 0.3 is 0 Å². The highest BCUT2D eigenvalue weighted by molar-refractivity contribution is 6.40. The van der Waals surface area contributed by atoms with Crippen LogP contribution < -0.4 is 0 Å². The molecule has 0 N–H and O–H groups in total. The van der Waals surface area contributed by atoms with E-state index in [0.717, 1.165) is 27.8 Å². The topological polar surface area (TPSA) is 17.1 Å². The predicted octanol–water partition coefficient (Wildman–Crippen LogP) is 4.13. The van der Waals surface area contributed by atoms with Crippen LogP contribution in [0.3, 0.4) is 0 Å². The normalized spacial score (nSPS) is 16.7. The number of Topliss-reactive ketones (excluding diaryl/α,β-unsaturated/α-hetero) is 1. The monoisotopic (exact) mass is 246 g/mol. The third-order valence-corrected chi connectivity index (χ3v) is 3.42. The second kappa shape index (κ2) is 4.69. The number of carbonyl (C=O) groups is 1. The van der Waals surface area contributed by atoms with E-state index >= 15 is 0 Å². The van der Waals surface area contributed by atoms with Gasteiger partial charge < -0.3 is 0 Å². The fraction of sp³-hybridized carbons (Fsp3) is 0.0556. The molecule has 1 aliphatic carbocycles. The number of benzene rings is 2. The van der Waals surface area contributed by atoms with Gasteiger partial charge in [-0.1, -0.05) is 60.7 Å². The first-order valence-corrected chi connectivity index (χ1v) is 6.35. The minimum absolute atomic E-state index is 0.146. The highest BCUT2D eigenvalue weighted by atomic mass is 16.1. The summed E-state index contributed by atoms with van der Waals surface area (Å²) in [5.41, 5.74) is 4.83. The maximum absolute atomic E-state index is 12.3. The number of ketones is 1. The summed E-state index contributed by atoms with van der Waals surface area (Å²) >= 11 is 0. The van der Waals surface area contributed by atoms with Gasteiger partial charge in [0.1, 0.15) is 0 Å². The van der Waals surface area contributed by atoms with Gasteiger partial charge in [0.15, 0.2) is 5.78 Å². The van der Waals surface area contributed by atoms with E-state index in [4.69, 9.17) is 0 Å². The Morgan fingerprint density at radius 2 is 1.42 bits per heavy atom. The SMILES string of the molecule is CC1=C(c2ccccc2)C(=O)/C1=C\c1ccccc1. The highest BCUT2D eigenvalue weighted by Gasteiger charge is 2.30. The molecule has 2 aromatic carbocycles. The maximum atomic E-state index is 12.3. The minimum Gasteiger partial charge on any atom is -0.289 e. The zero-order valence-corrected chi connectivity index (χ0v) is 10.8. The number of hydrogen-bond donors (Lipinski definition) is 0. The molecule has 2 aromatic rings. The predicted molar refractivity (Wildman–Crippen MR) is 78.5 cm³/mol. The van der Waals surface area contributed by atoms with Gasteiger partial charge in [0.05, 0.1) is 0 Å². The Hall–Kier alpha value is -2.41. The Bertz CT molecular complexity index is 676. The van der Waals surface area contributed by atoms with Crippen molar-refractivity contribution in [1.82, 2.24) is 0 Å². The Morgan fingerprint density at radius 3 is 2.00 bits per heavy atom. The number of hydrogen-bond acceptors (Lipinski definition) is 1. The van der Waals surface area contributed by atoms with E-state index in [-0.39, 0.29) is 5.78 Å². The van der Waals surface area contributed by atoms with E-state index in [1.807, 2.05) is 73.7 Å². The van der Waals surface area contributed by atoms with Crippen LogP contribution in [0.25, 0.3) is 11.6 Å². The average molecular weight is 246 g/mol. The zero-order chi connectivity index (χ0) is 13.2. The van der Waals surface area contributed by atoms with Gasteiger partial charge in [0.2, 0.25) is 0 Å². The Labute approximate surface area is 112 Å². The molecule has 0 saturated carbocycles. The number of carbonyl (C=O) groups excluding carboxylic acids is 1. The molecule has 1 aliphatic rings. The van der Waals surface area contributed by atoms with E-state index in [0.29, 0.717) is 0 Å². The van der Waals surface area contributed by atoms with Gasteiger partial charge in [-0.05, 0) is 29.7 Å². The van der Waals surface area contributed by atoms with Crippen LogP contribution >= 0.6 is 0 Å². The number of allylic oxidation sites excluding steroid dienone is 3. The minimum atomic E-state index is 0.146. The Balaban J connectivity index is 2.00. The zero-order valence-electron chi connectivity index (χ0n) is 10.8. The fourth-order valence-corrected chi connectivity index (χ4v) is 2.39. The van der Waals surface area contributed by atoms with Crippen LogP contribution in [0.4, 0.5) is 0 Å². The molecule has 0 radical (unpaired) electrons. The fourth-order valence-electron chi connectivity index (χ4n) is 2.39. The van der Waals surface area contributed by atoms with Crippen LogP contribution in [0.1, 0.15) is 18.1 Å². The van der Waals surface area contributed by atoms with Crippen LogP contribution in [-0.4, -0.2) is 5.78 Å². The molecular weight excluding hydrogens is 232 g/mol. The van der Waals surface area contributed by atoms with Crippen molar-refractivity contribution in [1.29, 1.82) is 0 Å². The van der Waals surface area contributed by atoms with Crippen molar-refractivity contribution in [2.24, 2.45) is 0 Å². The van der Waals surface area contributed by atoms with Crippen molar-refractivity contribution in [3.8, 4) is 0 Å². The van der Waals surface area contributed by atoms with Gasteiger partial charge in [0, 0.05) is 11.1 Å². The van der Waals surface area contributed by atoms with Crippen LogP contribution in [-0.2, 0) is 4.79 Å². The van der Waals surface area contributed by atoms with Gasteiger partial charge in [-0.25, -0.2) is 0 Å². The first-order chi connectivity index (χ1) is 9.27. The van der Waals surface area contributed by atoms with Crippen molar-refractivity contribution in [2.45, 2.75) is 6.92 Å². The maximum Gasteiger partial charge on any atom is 0.194 e. The molecule has 0 bridgehead atoms. The molecule has 0 aliphatic heterocycles. The standard InChI is InChI=1S/C18H14O/c1-13-16(12-14-8-4-2-5-9-14)18(19)17(13)15-10-6-3-7-11-15/h2-12H,1H3/b16-12-. The summed E-state index contributed by atoms with van der Waals surface area (Å²) in [7, 11) is 0. The molecule has 0 spiro atoms. The van der Waals surface area contributed by atoms with Gasteiger partial charge in [-0.2, -0.15) is 0 Å². The van der Waals surface area contributed by atoms with Crippen LogP contribution in [0.2, 0.25) is 0 Å². The summed E-state index contributed by atoms with van der Waals surface area (Å²) in [6, 6.07) is 19.8. The second-order valence-electron chi connectivity index (χ2n) is 4.66. The molecule has 19 heavy (non-hydrogen) atoms. The third-order valence-electron chi connectivity index (χ3n) is 3.42. The molecule has 0 fully saturated rings. The summed E-state index contributed by atoms with van der Waals surface area (Å²) in [6.45, 7) is 2.01. The molecule has 0 unspecified atom stereocenters. The van der Waals surface area contributed by atoms with Crippen LogP contribution in [0.15, 0.2) is 71.8 Å². The molecule has 1 heteroatoms. The summed E-state index contributed by atoms with van der Waals surface area (Å²) in [6.07, 6.45) is 1.96. The summed E-state index contributed by atoms with van der Waals surface area (Å²) in [4.78, 5) is 12.3. The van der Waals surface area contributed by atoms with Crippen molar-refractivity contribution >= 4 is 17.4 Å². The highest BCUT2D eigenvalue weighted by Crippen LogP contribution is 2.38. The lowest BCUT2D eigenvalue weighted by atomic mass is 9.78. The molecule has 92 valence electrons. The summed E-state index contributed by atoms with van der Waals surface area (Å²) < 4.78 is 0. The lowest BCUT2D eigenvalue weighted by Crippen LogP contribution is -2.19. The molecule has 3 rings (SSSR count). The van der Waals surface area contributed by atoms with Gasteiger partial charge in [0.25, 0.3) is 0 Å². The summed E-state index contributed by atoms with van der Waals surface area (Å²) in [5.74, 6) is 0.146. The van der Waals surface area contributed by atoms with Crippen molar-refractivity contribution in [3.63, 3.8) is 0 Å². The molecular formula is C18H14O. The van der Waals surface area contributed by atoms with Crippen molar-refractivity contribution < 1.29 is 4.79 Å².